The second kappa shape index (κ2) is 5.71. The van der Waals surface area contributed by atoms with Gasteiger partial charge in [-0.05, 0) is 60.8 Å². The van der Waals surface area contributed by atoms with Crippen molar-refractivity contribution in [1.29, 1.82) is 0 Å². The van der Waals surface area contributed by atoms with Gasteiger partial charge in [0.15, 0.2) is 0 Å². The summed E-state index contributed by atoms with van der Waals surface area (Å²) < 4.78 is 2.70. The summed E-state index contributed by atoms with van der Waals surface area (Å²) in [5, 5.41) is 4.21. The van der Waals surface area contributed by atoms with Crippen molar-refractivity contribution in [3.63, 3.8) is 0 Å². The molecule has 1 heterocycles. The van der Waals surface area contributed by atoms with E-state index in [4.69, 9.17) is 0 Å². The van der Waals surface area contributed by atoms with E-state index in [0.717, 1.165) is 11.3 Å². The average molecular weight is 306 g/mol. The van der Waals surface area contributed by atoms with Crippen LogP contribution in [0.15, 0.2) is 20.1 Å². The second-order valence-electron chi connectivity index (χ2n) is 3.94. The maximum Gasteiger partial charge on any atom is 0.0710 e. The zero-order valence-electron chi connectivity index (χ0n) is 8.83. The van der Waals surface area contributed by atoms with Crippen LogP contribution in [0.2, 0.25) is 0 Å². The third kappa shape index (κ3) is 3.48. The van der Waals surface area contributed by atoms with E-state index in [-0.39, 0.29) is 0 Å². The molecule has 1 fully saturated rings. The fourth-order valence-electron chi connectivity index (χ4n) is 1.99. The van der Waals surface area contributed by atoms with Crippen LogP contribution in [0.4, 0.5) is 0 Å². The molecule has 2 rings (SSSR count). The normalized spacial score (nSPS) is 26.8. The molecule has 0 aliphatic heterocycles. The number of halogens is 1. The van der Waals surface area contributed by atoms with Crippen molar-refractivity contribution >= 4 is 39.0 Å². The third-order valence-corrected chi connectivity index (χ3v) is 6.04. The van der Waals surface area contributed by atoms with Crippen molar-refractivity contribution in [1.82, 2.24) is 5.32 Å². The van der Waals surface area contributed by atoms with Gasteiger partial charge in [0.05, 0.1) is 8.00 Å². The molecule has 15 heavy (non-hydrogen) atoms. The Morgan fingerprint density at radius 2 is 2.07 bits per heavy atom. The maximum absolute atomic E-state index is 3.51. The van der Waals surface area contributed by atoms with Gasteiger partial charge in [0, 0.05) is 11.3 Å². The molecule has 0 atom stereocenters. The van der Waals surface area contributed by atoms with Crippen LogP contribution in [0.1, 0.15) is 25.7 Å². The van der Waals surface area contributed by atoms with Crippen molar-refractivity contribution in [3.05, 3.63) is 15.9 Å². The zero-order chi connectivity index (χ0) is 10.7. The molecule has 0 amide bonds. The first-order chi connectivity index (χ1) is 7.28. The van der Waals surface area contributed by atoms with Crippen molar-refractivity contribution in [3.8, 4) is 0 Å². The summed E-state index contributed by atoms with van der Waals surface area (Å²) in [6.45, 7) is 0. The van der Waals surface area contributed by atoms with Gasteiger partial charge < -0.3 is 5.32 Å². The average Bonchev–Trinajstić information content (AvgIpc) is 2.65. The predicted octanol–water partition coefficient (Wildman–Crippen LogP) is 4.13. The first-order valence-corrected chi connectivity index (χ1v) is 7.86. The van der Waals surface area contributed by atoms with E-state index in [0.29, 0.717) is 0 Å². The summed E-state index contributed by atoms with van der Waals surface area (Å²) in [6, 6.07) is 5.13. The minimum Gasteiger partial charge on any atom is -0.317 e. The molecule has 0 bridgehead atoms. The van der Waals surface area contributed by atoms with Crippen LogP contribution in [-0.2, 0) is 0 Å². The molecule has 1 N–H and O–H groups in total. The van der Waals surface area contributed by atoms with Gasteiger partial charge in [-0.25, -0.2) is 0 Å². The Balaban J connectivity index is 1.82. The van der Waals surface area contributed by atoms with Gasteiger partial charge in [-0.15, -0.1) is 23.1 Å². The number of rotatable bonds is 3. The van der Waals surface area contributed by atoms with Crippen LogP contribution in [0.3, 0.4) is 0 Å². The SMILES string of the molecule is CNC1CCC(Sc2ccc(Br)s2)CC1. The van der Waals surface area contributed by atoms with Gasteiger partial charge >= 0.3 is 0 Å². The Bertz CT molecular complexity index is 305. The molecule has 0 aromatic carbocycles. The van der Waals surface area contributed by atoms with Gasteiger partial charge in [0.1, 0.15) is 0 Å². The molecule has 0 saturated heterocycles. The molecule has 4 heteroatoms. The Hall–Kier alpha value is 0.490. The molecule has 1 aliphatic carbocycles. The molecule has 0 spiro atoms. The topological polar surface area (TPSA) is 12.0 Å². The molecule has 1 aromatic heterocycles. The standard InChI is InChI=1S/C11H16BrNS2/c1-13-8-2-4-9(5-3-8)14-11-7-6-10(12)15-11/h6-9,13H,2-5H2,1H3. The minimum absolute atomic E-state index is 0.761. The maximum atomic E-state index is 3.51. The van der Waals surface area contributed by atoms with E-state index in [1.54, 1.807) is 0 Å². The lowest BCUT2D eigenvalue weighted by Crippen LogP contribution is -2.30. The molecule has 0 unspecified atom stereocenters. The fourth-order valence-corrected chi connectivity index (χ4v) is 5.29. The Kier molecular flexibility index (Phi) is 4.55. The van der Waals surface area contributed by atoms with E-state index >= 15 is 0 Å². The lowest BCUT2D eigenvalue weighted by molar-refractivity contribution is 0.402. The van der Waals surface area contributed by atoms with Crippen molar-refractivity contribution in [2.75, 3.05) is 7.05 Å². The highest BCUT2D eigenvalue weighted by Crippen LogP contribution is 2.38. The molecule has 0 radical (unpaired) electrons. The van der Waals surface area contributed by atoms with Crippen molar-refractivity contribution in [2.24, 2.45) is 0 Å². The number of nitrogens with one attached hydrogen (secondary N) is 1. The number of hydrogen-bond donors (Lipinski definition) is 1. The summed E-state index contributed by atoms with van der Waals surface area (Å²) in [4.78, 5) is 0. The van der Waals surface area contributed by atoms with Crippen LogP contribution in [-0.4, -0.2) is 18.3 Å². The van der Waals surface area contributed by atoms with E-state index in [1.807, 2.05) is 11.3 Å². The van der Waals surface area contributed by atoms with Crippen molar-refractivity contribution < 1.29 is 0 Å². The zero-order valence-corrected chi connectivity index (χ0v) is 12.1. The molecular weight excluding hydrogens is 290 g/mol. The Labute approximate surface area is 108 Å². The van der Waals surface area contributed by atoms with Crippen LogP contribution < -0.4 is 5.32 Å². The monoisotopic (exact) mass is 305 g/mol. The van der Waals surface area contributed by atoms with Crippen LogP contribution in [0.5, 0.6) is 0 Å². The number of thiophene rings is 1. The van der Waals surface area contributed by atoms with E-state index in [1.165, 1.54) is 33.7 Å². The second-order valence-corrected chi connectivity index (χ2v) is 8.00. The fraction of sp³-hybridized carbons (Fsp3) is 0.636. The van der Waals surface area contributed by atoms with E-state index in [9.17, 15) is 0 Å². The van der Waals surface area contributed by atoms with Crippen LogP contribution in [0, 0.1) is 0 Å². The first-order valence-electron chi connectivity index (χ1n) is 5.37. The third-order valence-electron chi connectivity index (χ3n) is 2.91. The smallest absolute Gasteiger partial charge is 0.0710 e. The predicted molar refractivity (Wildman–Crippen MR) is 73.0 cm³/mol. The summed E-state index contributed by atoms with van der Waals surface area (Å²) in [6.07, 6.45) is 5.37. The van der Waals surface area contributed by atoms with Gasteiger partial charge in [0.25, 0.3) is 0 Å². The molecule has 1 aromatic rings. The Morgan fingerprint density at radius 1 is 1.33 bits per heavy atom. The van der Waals surface area contributed by atoms with Crippen LogP contribution >= 0.6 is 39.0 Å². The molecule has 84 valence electrons. The van der Waals surface area contributed by atoms with Gasteiger partial charge in [-0.3, -0.25) is 0 Å². The highest BCUT2D eigenvalue weighted by atomic mass is 79.9. The minimum atomic E-state index is 0.761. The summed E-state index contributed by atoms with van der Waals surface area (Å²) in [5.74, 6) is 0. The summed E-state index contributed by atoms with van der Waals surface area (Å²) >= 11 is 7.42. The first kappa shape index (κ1) is 12.0. The molecule has 1 nitrogen and oxygen atoms in total. The summed E-state index contributed by atoms with van der Waals surface area (Å²) in [5.41, 5.74) is 0. The molecule has 1 saturated carbocycles. The van der Waals surface area contributed by atoms with E-state index in [2.05, 4.69) is 52.2 Å². The lowest BCUT2D eigenvalue weighted by atomic mass is 9.95. The lowest BCUT2D eigenvalue weighted by Gasteiger charge is -2.27. The van der Waals surface area contributed by atoms with Gasteiger partial charge in [-0.1, -0.05) is 0 Å². The Morgan fingerprint density at radius 3 is 2.60 bits per heavy atom. The van der Waals surface area contributed by atoms with Crippen LogP contribution in [0.25, 0.3) is 0 Å². The quantitative estimate of drug-likeness (QED) is 0.901. The molecular formula is C11H16BrNS2. The number of thioether (sulfide) groups is 1. The largest absolute Gasteiger partial charge is 0.317 e. The summed E-state index contributed by atoms with van der Waals surface area (Å²) in [7, 11) is 2.08. The van der Waals surface area contributed by atoms with Crippen molar-refractivity contribution in [2.45, 2.75) is 41.2 Å². The highest BCUT2D eigenvalue weighted by Gasteiger charge is 2.20. The number of hydrogen-bond acceptors (Lipinski definition) is 3. The van der Waals surface area contributed by atoms with Gasteiger partial charge in [-0.2, -0.15) is 0 Å². The van der Waals surface area contributed by atoms with Gasteiger partial charge in [0.2, 0.25) is 0 Å². The molecule has 1 aliphatic rings. The highest BCUT2D eigenvalue weighted by molar-refractivity contribution is 9.11. The van der Waals surface area contributed by atoms with E-state index < -0.39 is 0 Å².